The van der Waals surface area contributed by atoms with E-state index in [4.69, 9.17) is 10.00 Å². The molecule has 134 valence electrons. The standard InChI is InChI=1S/C18H12F4N2O2/c19-12-11(8-23)13(20)15(22)16(14(12)21)24-17(25)18(6-7-18)26-9-10-4-2-1-3-5-10/h1-5H,6-7,9H2,(H,24,25). The molecule has 1 aliphatic carbocycles. The van der Waals surface area contributed by atoms with E-state index in [1.54, 1.807) is 24.3 Å². The third kappa shape index (κ3) is 3.13. The van der Waals surface area contributed by atoms with Gasteiger partial charge in [0.15, 0.2) is 23.3 Å². The molecule has 3 rings (SSSR count). The highest BCUT2D eigenvalue weighted by molar-refractivity contribution is 5.99. The lowest BCUT2D eigenvalue weighted by Crippen LogP contribution is -2.33. The van der Waals surface area contributed by atoms with Crippen molar-refractivity contribution < 1.29 is 27.1 Å². The number of rotatable bonds is 5. The van der Waals surface area contributed by atoms with Crippen molar-refractivity contribution in [2.75, 3.05) is 5.32 Å². The Kier molecular flexibility index (Phi) is 4.66. The maximum atomic E-state index is 13.9. The third-order valence-electron chi connectivity index (χ3n) is 4.09. The number of hydrogen-bond acceptors (Lipinski definition) is 3. The summed E-state index contributed by atoms with van der Waals surface area (Å²) in [5.41, 5.74) is -3.19. The minimum atomic E-state index is -1.86. The van der Waals surface area contributed by atoms with E-state index in [1.807, 2.05) is 11.4 Å². The molecule has 0 spiro atoms. The summed E-state index contributed by atoms with van der Waals surface area (Å²) in [5, 5.41) is 10.4. The van der Waals surface area contributed by atoms with E-state index in [9.17, 15) is 22.4 Å². The highest BCUT2D eigenvalue weighted by Gasteiger charge is 2.52. The van der Waals surface area contributed by atoms with E-state index < -0.39 is 46.0 Å². The molecule has 0 bridgehead atoms. The normalized spacial score (nSPS) is 14.6. The van der Waals surface area contributed by atoms with Crippen molar-refractivity contribution in [2.45, 2.75) is 25.0 Å². The van der Waals surface area contributed by atoms with Crippen LogP contribution in [0.3, 0.4) is 0 Å². The molecule has 26 heavy (non-hydrogen) atoms. The number of nitriles is 1. The maximum absolute atomic E-state index is 13.9. The van der Waals surface area contributed by atoms with Crippen LogP contribution in [0.2, 0.25) is 0 Å². The second kappa shape index (κ2) is 6.77. The van der Waals surface area contributed by atoms with E-state index in [1.165, 1.54) is 0 Å². The van der Waals surface area contributed by atoms with E-state index in [-0.39, 0.29) is 6.61 Å². The van der Waals surface area contributed by atoms with E-state index >= 15 is 0 Å². The SMILES string of the molecule is N#Cc1c(F)c(F)c(NC(=O)C2(OCc3ccccc3)CC2)c(F)c1F. The van der Waals surface area contributed by atoms with E-state index in [2.05, 4.69) is 0 Å². The molecule has 0 unspecified atom stereocenters. The Bertz CT molecular complexity index is 877. The predicted molar refractivity (Wildman–Crippen MR) is 82.8 cm³/mol. The van der Waals surface area contributed by atoms with Gasteiger partial charge in [-0.1, -0.05) is 30.3 Å². The van der Waals surface area contributed by atoms with Crippen LogP contribution >= 0.6 is 0 Å². The summed E-state index contributed by atoms with van der Waals surface area (Å²) in [7, 11) is 0. The zero-order chi connectivity index (χ0) is 18.9. The number of nitrogens with one attached hydrogen (secondary N) is 1. The van der Waals surface area contributed by atoms with Crippen LogP contribution in [-0.2, 0) is 16.1 Å². The molecule has 0 aliphatic heterocycles. The first kappa shape index (κ1) is 17.9. The van der Waals surface area contributed by atoms with Crippen molar-refractivity contribution in [1.29, 1.82) is 5.26 Å². The van der Waals surface area contributed by atoms with Gasteiger partial charge < -0.3 is 10.1 Å². The Morgan fingerprint density at radius 3 is 2.15 bits per heavy atom. The van der Waals surface area contributed by atoms with Crippen molar-refractivity contribution in [2.24, 2.45) is 0 Å². The molecular weight excluding hydrogens is 352 g/mol. The van der Waals surface area contributed by atoms with Gasteiger partial charge in [0.1, 0.15) is 22.9 Å². The Balaban J connectivity index is 1.79. The molecule has 0 saturated heterocycles. The largest absolute Gasteiger partial charge is 0.360 e. The highest BCUT2D eigenvalue weighted by Crippen LogP contribution is 2.42. The van der Waals surface area contributed by atoms with Crippen molar-refractivity contribution in [3.63, 3.8) is 0 Å². The van der Waals surface area contributed by atoms with Gasteiger partial charge in [-0.2, -0.15) is 5.26 Å². The second-order valence-corrected chi connectivity index (χ2v) is 5.84. The van der Waals surface area contributed by atoms with E-state index in [0.717, 1.165) is 11.6 Å². The maximum Gasteiger partial charge on any atom is 0.256 e. The van der Waals surface area contributed by atoms with Crippen molar-refractivity contribution >= 4 is 11.6 Å². The van der Waals surface area contributed by atoms with Gasteiger partial charge in [0.05, 0.1) is 6.61 Å². The van der Waals surface area contributed by atoms with Gasteiger partial charge in [-0.15, -0.1) is 0 Å². The van der Waals surface area contributed by atoms with Crippen LogP contribution in [0.1, 0.15) is 24.0 Å². The molecule has 2 aromatic carbocycles. The Morgan fingerprint density at radius 2 is 1.65 bits per heavy atom. The molecule has 1 aliphatic rings. The van der Waals surface area contributed by atoms with Gasteiger partial charge in [0.25, 0.3) is 5.91 Å². The summed E-state index contributed by atoms with van der Waals surface area (Å²) in [5.74, 6) is -8.32. The molecule has 2 aromatic rings. The van der Waals surface area contributed by atoms with Crippen LogP contribution in [-0.4, -0.2) is 11.5 Å². The quantitative estimate of drug-likeness (QED) is 0.648. The molecule has 1 N–H and O–H groups in total. The molecule has 8 heteroatoms. The lowest BCUT2D eigenvalue weighted by Gasteiger charge is -2.17. The summed E-state index contributed by atoms with van der Waals surface area (Å²) < 4.78 is 60.7. The number of amides is 1. The first-order valence-corrected chi connectivity index (χ1v) is 7.65. The summed E-state index contributed by atoms with van der Waals surface area (Å²) >= 11 is 0. The van der Waals surface area contributed by atoms with Crippen LogP contribution in [0.15, 0.2) is 30.3 Å². The third-order valence-corrected chi connectivity index (χ3v) is 4.09. The van der Waals surface area contributed by atoms with Gasteiger partial charge in [0, 0.05) is 0 Å². The highest BCUT2D eigenvalue weighted by atomic mass is 19.2. The molecule has 0 atom stereocenters. The van der Waals surface area contributed by atoms with Crippen molar-refractivity contribution in [3.05, 3.63) is 64.7 Å². The van der Waals surface area contributed by atoms with Crippen LogP contribution < -0.4 is 5.32 Å². The monoisotopic (exact) mass is 364 g/mol. The average molecular weight is 364 g/mol. The number of halogens is 4. The first-order valence-electron chi connectivity index (χ1n) is 7.65. The number of benzene rings is 2. The van der Waals surface area contributed by atoms with Gasteiger partial charge in [-0.05, 0) is 18.4 Å². The zero-order valence-corrected chi connectivity index (χ0v) is 13.3. The second-order valence-electron chi connectivity index (χ2n) is 5.84. The number of nitrogens with zero attached hydrogens (tertiary/aromatic N) is 1. The molecule has 1 amide bonds. The lowest BCUT2D eigenvalue weighted by molar-refractivity contribution is -0.131. The predicted octanol–water partition coefficient (Wildman–Crippen LogP) is 3.80. The Labute approximate surface area is 146 Å². The minimum Gasteiger partial charge on any atom is -0.360 e. The van der Waals surface area contributed by atoms with Gasteiger partial charge >= 0.3 is 0 Å². The van der Waals surface area contributed by atoms with Crippen molar-refractivity contribution in [1.82, 2.24) is 0 Å². The number of carbonyl (C=O) groups is 1. The van der Waals surface area contributed by atoms with Crippen LogP contribution in [0.4, 0.5) is 23.2 Å². The van der Waals surface area contributed by atoms with E-state index in [0.29, 0.717) is 12.8 Å². The number of anilines is 1. The zero-order valence-electron chi connectivity index (χ0n) is 13.3. The summed E-state index contributed by atoms with van der Waals surface area (Å²) in [6.07, 6.45) is 0.603. The summed E-state index contributed by atoms with van der Waals surface area (Å²) in [6, 6.07) is 9.97. The van der Waals surface area contributed by atoms with Crippen LogP contribution in [0.5, 0.6) is 0 Å². The molecule has 1 saturated carbocycles. The number of hydrogen-bond donors (Lipinski definition) is 1. The number of carbonyl (C=O) groups excluding carboxylic acids is 1. The first-order chi connectivity index (χ1) is 12.4. The minimum absolute atomic E-state index is 0.0926. The van der Waals surface area contributed by atoms with Crippen LogP contribution in [0.25, 0.3) is 0 Å². The van der Waals surface area contributed by atoms with Gasteiger partial charge in [-0.25, -0.2) is 17.6 Å². The molecule has 0 radical (unpaired) electrons. The van der Waals surface area contributed by atoms with Crippen LogP contribution in [0, 0.1) is 34.6 Å². The van der Waals surface area contributed by atoms with Gasteiger partial charge in [-0.3, -0.25) is 4.79 Å². The summed E-state index contributed by atoms with van der Waals surface area (Å²) in [6.45, 7) is 0.0926. The molecule has 1 fully saturated rings. The van der Waals surface area contributed by atoms with Crippen molar-refractivity contribution in [3.8, 4) is 6.07 Å². The fraction of sp³-hybridized carbons (Fsp3) is 0.222. The number of ether oxygens (including phenoxy) is 1. The molecule has 0 heterocycles. The Morgan fingerprint density at radius 1 is 1.08 bits per heavy atom. The smallest absolute Gasteiger partial charge is 0.256 e. The fourth-order valence-corrected chi connectivity index (χ4v) is 2.41. The Hall–Kier alpha value is -2.92. The molecule has 0 aromatic heterocycles. The summed E-state index contributed by atoms with van der Waals surface area (Å²) in [4.78, 5) is 12.3. The molecule has 4 nitrogen and oxygen atoms in total. The topological polar surface area (TPSA) is 62.1 Å². The fourth-order valence-electron chi connectivity index (χ4n) is 2.41. The van der Waals surface area contributed by atoms with Gasteiger partial charge in [0.2, 0.25) is 0 Å². The molecular formula is C18H12F4N2O2. The lowest BCUT2D eigenvalue weighted by atomic mass is 10.1. The average Bonchev–Trinajstić information content (AvgIpc) is 3.44.